The van der Waals surface area contributed by atoms with Gasteiger partial charge in [-0.2, -0.15) is 0 Å². The Kier molecular flexibility index (Phi) is 8.60. The van der Waals surface area contributed by atoms with Crippen LogP contribution in [0.15, 0.2) is 43.7 Å². The Labute approximate surface area is 192 Å². The predicted molar refractivity (Wildman–Crippen MR) is 118 cm³/mol. The number of hydrogen-bond donors (Lipinski definition) is 2. The fourth-order valence-corrected chi connectivity index (χ4v) is 4.42. The summed E-state index contributed by atoms with van der Waals surface area (Å²) in [5.74, 6) is -0.0233. The quantitative estimate of drug-likeness (QED) is 0.462. The third-order valence-electron chi connectivity index (χ3n) is 3.43. The van der Waals surface area contributed by atoms with Gasteiger partial charge < -0.3 is 9.47 Å². The van der Waals surface area contributed by atoms with Crippen molar-refractivity contribution in [3.05, 3.63) is 54.3 Å². The van der Waals surface area contributed by atoms with Gasteiger partial charge in [-0.05, 0) is 81.6 Å². The molecule has 0 aliphatic rings. The molecule has 0 aliphatic carbocycles. The molecule has 1 atom stereocenters. The summed E-state index contributed by atoms with van der Waals surface area (Å²) < 4.78 is 13.3. The number of carbonyl (C=O) groups is 2. The van der Waals surface area contributed by atoms with Crippen molar-refractivity contribution in [1.29, 1.82) is 0 Å². The van der Waals surface area contributed by atoms with Crippen molar-refractivity contribution in [2.45, 2.75) is 20.0 Å². The number of nitrogens with one attached hydrogen (secondary N) is 2. The van der Waals surface area contributed by atoms with Crippen LogP contribution < -0.4 is 20.3 Å². The van der Waals surface area contributed by atoms with Crippen LogP contribution in [0.4, 0.5) is 0 Å². The molecule has 2 N–H and O–H groups in total. The number of benzene rings is 2. The Morgan fingerprint density at radius 3 is 2.46 bits per heavy atom. The topological polar surface area (TPSA) is 76.7 Å². The number of amides is 2. The normalized spacial score (nSPS) is 11.5. The highest BCUT2D eigenvalue weighted by Crippen LogP contribution is 2.32. The molecule has 2 aromatic rings. The van der Waals surface area contributed by atoms with Crippen molar-refractivity contribution in [2.24, 2.45) is 0 Å². The van der Waals surface area contributed by atoms with Crippen LogP contribution in [0, 0.1) is 6.92 Å². The van der Waals surface area contributed by atoms with E-state index < -0.39 is 17.9 Å². The average molecular weight is 600 g/mol. The Bertz CT molecular complexity index is 872. The molecule has 0 bridgehead atoms. The molecular formula is C18H16Br3ClN2O4. The van der Waals surface area contributed by atoms with Gasteiger partial charge in [-0.15, -0.1) is 0 Å². The molecule has 0 aliphatic heterocycles. The highest BCUT2D eigenvalue weighted by Gasteiger charge is 2.17. The molecule has 0 saturated carbocycles. The van der Waals surface area contributed by atoms with Crippen LogP contribution in [0.1, 0.15) is 12.5 Å². The first-order chi connectivity index (χ1) is 13.2. The van der Waals surface area contributed by atoms with Crippen molar-refractivity contribution in [1.82, 2.24) is 10.9 Å². The summed E-state index contributed by atoms with van der Waals surface area (Å²) in [5, 5.41) is 0.538. The first kappa shape index (κ1) is 23.0. The van der Waals surface area contributed by atoms with Crippen molar-refractivity contribution in [3.8, 4) is 11.5 Å². The summed E-state index contributed by atoms with van der Waals surface area (Å²) >= 11 is 15.9. The second-order valence-corrected chi connectivity index (χ2v) is 8.76. The molecule has 1 unspecified atom stereocenters. The van der Waals surface area contributed by atoms with E-state index in [0.29, 0.717) is 25.5 Å². The van der Waals surface area contributed by atoms with Gasteiger partial charge in [0.15, 0.2) is 12.7 Å². The fraction of sp³-hybridized carbons (Fsp3) is 0.222. The summed E-state index contributed by atoms with van der Waals surface area (Å²) in [6.45, 7) is 3.15. The van der Waals surface area contributed by atoms with Crippen LogP contribution in [-0.2, 0) is 9.59 Å². The van der Waals surface area contributed by atoms with Gasteiger partial charge in [-0.25, -0.2) is 0 Å². The number of hydrazine groups is 1. The maximum Gasteiger partial charge on any atom is 0.279 e. The minimum Gasteiger partial charge on any atom is -0.482 e. The van der Waals surface area contributed by atoms with E-state index in [2.05, 4.69) is 58.6 Å². The summed E-state index contributed by atoms with van der Waals surface area (Å²) in [6, 6.07) is 8.63. The maximum atomic E-state index is 12.1. The number of carbonyl (C=O) groups excluding carboxylic acids is 2. The molecule has 2 aromatic carbocycles. The second-order valence-electron chi connectivity index (χ2n) is 5.69. The lowest BCUT2D eigenvalue weighted by molar-refractivity contribution is -0.133. The number of ether oxygens (including phenoxy) is 2. The van der Waals surface area contributed by atoms with Crippen molar-refractivity contribution in [2.75, 3.05) is 6.61 Å². The lowest BCUT2D eigenvalue weighted by Gasteiger charge is -2.16. The highest BCUT2D eigenvalue weighted by molar-refractivity contribution is 9.11. The Balaban J connectivity index is 1.82. The Hall–Kier alpha value is -1.29. The van der Waals surface area contributed by atoms with E-state index in [1.165, 1.54) is 0 Å². The van der Waals surface area contributed by atoms with Crippen LogP contribution in [0.25, 0.3) is 0 Å². The third-order valence-corrected chi connectivity index (χ3v) is 5.34. The van der Waals surface area contributed by atoms with Crippen LogP contribution in [0.3, 0.4) is 0 Å². The monoisotopic (exact) mass is 596 g/mol. The highest BCUT2D eigenvalue weighted by atomic mass is 79.9. The van der Waals surface area contributed by atoms with Crippen LogP contribution in [0.5, 0.6) is 11.5 Å². The molecule has 0 heterocycles. The predicted octanol–water partition coefficient (Wildman–Crippen LogP) is 4.93. The summed E-state index contributed by atoms with van der Waals surface area (Å²) in [7, 11) is 0. The van der Waals surface area contributed by atoms with Gasteiger partial charge in [0.05, 0.1) is 8.95 Å². The number of halogens is 4. The summed E-state index contributed by atoms with van der Waals surface area (Å²) in [4.78, 5) is 24.0. The van der Waals surface area contributed by atoms with Crippen LogP contribution in [-0.4, -0.2) is 24.5 Å². The van der Waals surface area contributed by atoms with Gasteiger partial charge in [-0.3, -0.25) is 20.4 Å². The minimum absolute atomic E-state index is 0.265. The fourth-order valence-electron chi connectivity index (χ4n) is 2.09. The van der Waals surface area contributed by atoms with E-state index in [0.717, 1.165) is 10.0 Å². The largest absolute Gasteiger partial charge is 0.482 e. The van der Waals surface area contributed by atoms with E-state index in [1.807, 2.05) is 19.1 Å². The zero-order valence-electron chi connectivity index (χ0n) is 14.8. The van der Waals surface area contributed by atoms with E-state index in [9.17, 15) is 9.59 Å². The number of rotatable bonds is 6. The van der Waals surface area contributed by atoms with Crippen molar-refractivity contribution < 1.29 is 19.1 Å². The molecule has 2 amide bonds. The summed E-state index contributed by atoms with van der Waals surface area (Å²) in [5.41, 5.74) is 5.45. The number of aryl methyl sites for hydroxylation is 1. The van der Waals surface area contributed by atoms with Crippen LogP contribution >= 0.6 is 59.4 Å². The van der Waals surface area contributed by atoms with Crippen molar-refractivity contribution in [3.63, 3.8) is 0 Å². The van der Waals surface area contributed by atoms with Gasteiger partial charge in [-0.1, -0.05) is 27.5 Å². The van der Waals surface area contributed by atoms with Crippen LogP contribution in [0.2, 0.25) is 5.02 Å². The molecule has 0 saturated heterocycles. The molecular weight excluding hydrogens is 583 g/mol. The SMILES string of the molecule is Cc1cc(Br)cc(Br)c1OCC(=O)NNC(=O)C(C)Oc1ccc(Cl)cc1Br. The molecule has 10 heteroatoms. The molecule has 6 nitrogen and oxygen atoms in total. The van der Waals surface area contributed by atoms with E-state index in [4.69, 9.17) is 21.1 Å². The first-order valence-electron chi connectivity index (χ1n) is 7.96. The molecule has 0 fully saturated rings. The lowest BCUT2D eigenvalue weighted by atomic mass is 10.2. The summed E-state index contributed by atoms with van der Waals surface area (Å²) in [6.07, 6.45) is -0.846. The zero-order chi connectivity index (χ0) is 20.8. The Morgan fingerprint density at radius 1 is 1.11 bits per heavy atom. The Morgan fingerprint density at radius 2 is 1.82 bits per heavy atom. The van der Waals surface area contributed by atoms with Crippen molar-refractivity contribution >= 4 is 71.2 Å². The first-order valence-corrected chi connectivity index (χ1v) is 10.7. The van der Waals surface area contributed by atoms with E-state index >= 15 is 0 Å². The van der Waals surface area contributed by atoms with Gasteiger partial charge >= 0.3 is 0 Å². The van der Waals surface area contributed by atoms with Gasteiger partial charge in [0.25, 0.3) is 11.8 Å². The second kappa shape index (κ2) is 10.5. The third kappa shape index (κ3) is 6.65. The lowest BCUT2D eigenvalue weighted by Crippen LogP contribution is -2.48. The van der Waals surface area contributed by atoms with Gasteiger partial charge in [0, 0.05) is 9.50 Å². The van der Waals surface area contributed by atoms with E-state index in [-0.39, 0.29) is 6.61 Å². The molecule has 0 aromatic heterocycles. The minimum atomic E-state index is -0.846. The van der Waals surface area contributed by atoms with E-state index in [1.54, 1.807) is 25.1 Å². The zero-order valence-corrected chi connectivity index (χ0v) is 20.3. The molecule has 2 rings (SSSR count). The van der Waals surface area contributed by atoms with Gasteiger partial charge in [0.2, 0.25) is 0 Å². The van der Waals surface area contributed by atoms with Gasteiger partial charge in [0.1, 0.15) is 11.5 Å². The average Bonchev–Trinajstić information content (AvgIpc) is 2.61. The maximum absolute atomic E-state index is 12.1. The molecule has 28 heavy (non-hydrogen) atoms. The standard InChI is InChI=1S/C18H16Br3ClN2O4/c1-9-5-11(19)6-14(21)17(9)27-8-16(25)23-24-18(26)10(2)28-15-4-3-12(22)7-13(15)20/h3-7,10H,8H2,1-2H3,(H,23,25)(H,24,26). The molecule has 0 spiro atoms. The molecule has 0 radical (unpaired) electrons. The number of hydrogen-bond acceptors (Lipinski definition) is 4. The molecule has 150 valence electrons. The smallest absolute Gasteiger partial charge is 0.279 e.